The van der Waals surface area contributed by atoms with Gasteiger partial charge >= 0.3 is 0 Å². The number of pyridine rings is 1. The molecule has 0 radical (unpaired) electrons. The third kappa shape index (κ3) is 5.83. The SMILES string of the molecule is Cc1ccc(CNc2ccc(C(=O)NCCc3cccc(Cl)c3)nc2)cc1. The maximum Gasteiger partial charge on any atom is 0.269 e. The standard InChI is InChI=1S/C22H22ClN3O/c1-16-5-7-18(8-6-16)14-25-20-9-10-21(26-15-20)22(27)24-12-11-17-3-2-4-19(23)13-17/h2-10,13,15,25H,11-12,14H2,1H3,(H,24,27). The zero-order valence-electron chi connectivity index (χ0n) is 15.2. The minimum Gasteiger partial charge on any atom is -0.380 e. The monoisotopic (exact) mass is 379 g/mol. The van der Waals surface area contributed by atoms with Crippen LogP contribution in [0.4, 0.5) is 5.69 Å². The molecule has 0 aliphatic rings. The molecular weight excluding hydrogens is 358 g/mol. The summed E-state index contributed by atoms with van der Waals surface area (Å²) in [6, 6.07) is 19.6. The Balaban J connectivity index is 1.47. The Hall–Kier alpha value is -2.85. The molecule has 0 aliphatic heterocycles. The zero-order chi connectivity index (χ0) is 19.1. The van der Waals surface area contributed by atoms with Gasteiger partial charge in [-0.15, -0.1) is 0 Å². The fourth-order valence-electron chi connectivity index (χ4n) is 2.65. The highest BCUT2D eigenvalue weighted by Crippen LogP contribution is 2.11. The molecule has 3 rings (SSSR count). The van der Waals surface area contributed by atoms with Crippen LogP contribution in [0.15, 0.2) is 66.9 Å². The molecular formula is C22H22ClN3O. The van der Waals surface area contributed by atoms with Gasteiger partial charge in [0.15, 0.2) is 0 Å². The lowest BCUT2D eigenvalue weighted by molar-refractivity contribution is 0.0949. The molecule has 138 valence electrons. The second-order valence-electron chi connectivity index (χ2n) is 6.41. The van der Waals surface area contributed by atoms with Gasteiger partial charge in [-0.05, 0) is 48.7 Å². The van der Waals surface area contributed by atoms with Gasteiger partial charge in [-0.25, -0.2) is 4.98 Å². The highest BCUT2D eigenvalue weighted by Gasteiger charge is 2.06. The number of rotatable bonds is 7. The molecule has 0 fully saturated rings. The van der Waals surface area contributed by atoms with Crippen molar-refractivity contribution in [2.24, 2.45) is 0 Å². The summed E-state index contributed by atoms with van der Waals surface area (Å²) in [6.07, 6.45) is 2.41. The lowest BCUT2D eigenvalue weighted by atomic mass is 10.1. The Morgan fingerprint density at radius 1 is 1.04 bits per heavy atom. The molecule has 0 spiro atoms. The summed E-state index contributed by atoms with van der Waals surface area (Å²) < 4.78 is 0. The van der Waals surface area contributed by atoms with Crippen molar-refractivity contribution in [1.82, 2.24) is 10.3 Å². The molecule has 0 aliphatic carbocycles. The second kappa shape index (κ2) is 9.19. The third-order valence-corrected chi connectivity index (χ3v) is 4.44. The normalized spacial score (nSPS) is 10.4. The number of amides is 1. The van der Waals surface area contributed by atoms with Crippen LogP contribution < -0.4 is 10.6 Å². The van der Waals surface area contributed by atoms with E-state index in [1.807, 2.05) is 30.3 Å². The third-order valence-electron chi connectivity index (χ3n) is 4.20. The van der Waals surface area contributed by atoms with Crippen molar-refractivity contribution in [2.75, 3.05) is 11.9 Å². The van der Waals surface area contributed by atoms with Crippen LogP contribution in [-0.4, -0.2) is 17.4 Å². The number of anilines is 1. The molecule has 1 amide bonds. The zero-order valence-corrected chi connectivity index (χ0v) is 16.0. The number of carbonyl (C=O) groups is 1. The van der Waals surface area contributed by atoms with E-state index < -0.39 is 0 Å². The van der Waals surface area contributed by atoms with Crippen LogP contribution >= 0.6 is 11.6 Å². The van der Waals surface area contributed by atoms with Crippen molar-refractivity contribution in [1.29, 1.82) is 0 Å². The van der Waals surface area contributed by atoms with Gasteiger partial charge in [-0.1, -0.05) is 53.6 Å². The lowest BCUT2D eigenvalue weighted by Gasteiger charge is -2.08. The van der Waals surface area contributed by atoms with Crippen LogP contribution in [0.5, 0.6) is 0 Å². The Morgan fingerprint density at radius 3 is 2.56 bits per heavy atom. The summed E-state index contributed by atoms with van der Waals surface area (Å²) >= 11 is 5.97. The van der Waals surface area contributed by atoms with Crippen molar-refractivity contribution in [3.05, 3.63) is 94.3 Å². The average Bonchev–Trinajstić information content (AvgIpc) is 2.68. The summed E-state index contributed by atoms with van der Waals surface area (Å²) in [4.78, 5) is 16.5. The number of nitrogens with one attached hydrogen (secondary N) is 2. The number of hydrogen-bond donors (Lipinski definition) is 2. The fraction of sp³-hybridized carbons (Fsp3) is 0.182. The molecule has 0 unspecified atom stereocenters. The van der Waals surface area contributed by atoms with E-state index in [0.717, 1.165) is 17.7 Å². The largest absolute Gasteiger partial charge is 0.380 e. The van der Waals surface area contributed by atoms with Gasteiger partial charge in [0.05, 0.1) is 11.9 Å². The molecule has 0 saturated heterocycles. The molecule has 0 bridgehead atoms. The van der Waals surface area contributed by atoms with Gasteiger partial charge in [0.2, 0.25) is 0 Å². The number of nitrogens with zero attached hydrogens (tertiary/aromatic N) is 1. The molecule has 5 heteroatoms. The molecule has 0 atom stereocenters. The Morgan fingerprint density at radius 2 is 1.85 bits per heavy atom. The van der Waals surface area contributed by atoms with E-state index in [2.05, 4.69) is 46.8 Å². The van der Waals surface area contributed by atoms with Gasteiger partial charge in [0.25, 0.3) is 5.91 Å². The Kier molecular flexibility index (Phi) is 6.44. The highest BCUT2D eigenvalue weighted by atomic mass is 35.5. The second-order valence-corrected chi connectivity index (χ2v) is 6.84. The molecule has 1 heterocycles. The topological polar surface area (TPSA) is 54.0 Å². The van der Waals surface area contributed by atoms with E-state index in [4.69, 9.17) is 11.6 Å². The number of aryl methyl sites for hydroxylation is 1. The van der Waals surface area contributed by atoms with Crippen LogP contribution in [0.1, 0.15) is 27.2 Å². The predicted molar refractivity (Wildman–Crippen MR) is 110 cm³/mol. The number of aromatic nitrogens is 1. The molecule has 4 nitrogen and oxygen atoms in total. The van der Waals surface area contributed by atoms with Crippen LogP contribution in [0.3, 0.4) is 0 Å². The summed E-state index contributed by atoms with van der Waals surface area (Å²) in [5.74, 6) is -0.179. The van der Waals surface area contributed by atoms with Gasteiger partial charge in [0.1, 0.15) is 5.69 Å². The van der Waals surface area contributed by atoms with E-state index in [-0.39, 0.29) is 5.91 Å². The Labute approximate surface area is 164 Å². The van der Waals surface area contributed by atoms with Gasteiger partial charge in [-0.2, -0.15) is 0 Å². The maximum absolute atomic E-state index is 12.2. The highest BCUT2D eigenvalue weighted by molar-refractivity contribution is 6.30. The maximum atomic E-state index is 12.2. The summed E-state index contributed by atoms with van der Waals surface area (Å²) in [5, 5.41) is 6.90. The fourth-order valence-corrected chi connectivity index (χ4v) is 2.86. The van der Waals surface area contributed by atoms with E-state index in [1.165, 1.54) is 11.1 Å². The van der Waals surface area contributed by atoms with Crippen molar-refractivity contribution < 1.29 is 4.79 Å². The quantitative estimate of drug-likeness (QED) is 0.629. The van der Waals surface area contributed by atoms with E-state index in [0.29, 0.717) is 23.8 Å². The summed E-state index contributed by atoms with van der Waals surface area (Å²) in [7, 11) is 0. The first-order valence-electron chi connectivity index (χ1n) is 8.88. The van der Waals surface area contributed by atoms with Gasteiger partial charge < -0.3 is 10.6 Å². The number of carbonyl (C=O) groups excluding carboxylic acids is 1. The Bertz CT molecular complexity index is 892. The van der Waals surface area contributed by atoms with Crippen LogP contribution in [0.2, 0.25) is 5.02 Å². The van der Waals surface area contributed by atoms with Crippen molar-refractivity contribution in [3.63, 3.8) is 0 Å². The lowest BCUT2D eigenvalue weighted by Crippen LogP contribution is -2.26. The van der Waals surface area contributed by atoms with Crippen LogP contribution in [-0.2, 0) is 13.0 Å². The first-order chi connectivity index (χ1) is 13.1. The molecule has 3 aromatic rings. The van der Waals surface area contributed by atoms with Crippen molar-refractivity contribution >= 4 is 23.2 Å². The van der Waals surface area contributed by atoms with Crippen LogP contribution in [0, 0.1) is 6.92 Å². The van der Waals surface area contributed by atoms with E-state index in [1.54, 1.807) is 12.3 Å². The minimum atomic E-state index is -0.179. The molecule has 1 aromatic heterocycles. The first-order valence-corrected chi connectivity index (χ1v) is 9.26. The van der Waals surface area contributed by atoms with Crippen molar-refractivity contribution in [2.45, 2.75) is 19.9 Å². The van der Waals surface area contributed by atoms with Crippen molar-refractivity contribution in [3.8, 4) is 0 Å². The smallest absolute Gasteiger partial charge is 0.269 e. The number of hydrogen-bond acceptors (Lipinski definition) is 3. The molecule has 27 heavy (non-hydrogen) atoms. The molecule has 2 aromatic carbocycles. The van der Waals surface area contributed by atoms with E-state index >= 15 is 0 Å². The predicted octanol–water partition coefficient (Wildman–Crippen LogP) is 4.63. The number of halogens is 1. The summed E-state index contributed by atoms with van der Waals surface area (Å²) in [6.45, 7) is 3.32. The summed E-state index contributed by atoms with van der Waals surface area (Å²) in [5.41, 5.74) is 4.81. The van der Waals surface area contributed by atoms with E-state index in [9.17, 15) is 4.79 Å². The number of benzene rings is 2. The molecule has 0 saturated carbocycles. The van der Waals surface area contributed by atoms with Crippen LogP contribution in [0.25, 0.3) is 0 Å². The van der Waals surface area contributed by atoms with Gasteiger partial charge in [-0.3, -0.25) is 4.79 Å². The van der Waals surface area contributed by atoms with Gasteiger partial charge in [0, 0.05) is 18.1 Å². The first kappa shape index (κ1) is 18.9. The molecule has 2 N–H and O–H groups in total. The average molecular weight is 380 g/mol. The minimum absolute atomic E-state index is 0.179.